The number of carbonyl (C=O) groups is 2. The third-order valence-corrected chi connectivity index (χ3v) is 4.29. The number of halogens is 1. The quantitative estimate of drug-likeness (QED) is 0.668. The van der Waals surface area contributed by atoms with Crippen LogP contribution in [0.3, 0.4) is 0 Å². The van der Waals surface area contributed by atoms with Crippen molar-refractivity contribution in [2.24, 2.45) is 0 Å². The van der Waals surface area contributed by atoms with E-state index in [1.807, 2.05) is 6.07 Å². The zero-order valence-corrected chi connectivity index (χ0v) is 15.8. The van der Waals surface area contributed by atoms with E-state index in [1.165, 1.54) is 30.0 Å². The Morgan fingerprint density at radius 2 is 1.75 bits per heavy atom. The fraction of sp³-hybridized carbons (Fsp3) is 0.0952. The molecule has 0 bridgehead atoms. The second-order valence-corrected chi connectivity index (χ2v) is 6.47. The Hall–Kier alpha value is -3.38. The first-order valence-electron chi connectivity index (χ1n) is 8.41. The SMILES string of the molecule is COC(=O)c1ccc(NC(=O)c2ccc(=O)n(Cc3cccc(Cl)c3)c2)cc1. The van der Waals surface area contributed by atoms with E-state index in [4.69, 9.17) is 11.6 Å². The molecule has 0 unspecified atom stereocenters. The van der Waals surface area contributed by atoms with Gasteiger partial charge in [-0.1, -0.05) is 23.7 Å². The number of hydrogen-bond donors (Lipinski definition) is 1. The molecule has 0 saturated carbocycles. The van der Waals surface area contributed by atoms with E-state index in [9.17, 15) is 14.4 Å². The molecule has 1 aromatic heterocycles. The summed E-state index contributed by atoms with van der Waals surface area (Å²) in [4.78, 5) is 36.1. The first kappa shape index (κ1) is 19.4. The van der Waals surface area contributed by atoms with Gasteiger partial charge in [0, 0.05) is 23.0 Å². The second-order valence-electron chi connectivity index (χ2n) is 6.04. The van der Waals surface area contributed by atoms with Crippen LogP contribution in [0, 0.1) is 0 Å². The van der Waals surface area contributed by atoms with Crippen molar-refractivity contribution >= 4 is 29.2 Å². The summed E-state index contributed by atoms with van der Waals surface area (Å²) in [6.45, 7) is 0.300. The lowest BCUT2D eigenvalue weighted by atomic mass is 10.2. The van der Waals surface area contributed by atoms with Crippen LogP contribution in [0.15, 0.2) is 71.7 Å². The number of esters is 1. The highest BCUT2D eigenvalue weighted by atomic mass is 35.5. The molecule has 6 nitrogen and oxygen atoms in total. The number of rotatable bonds is 5. The molecule has 3 aromatic rings. The molecule has 1 heterocycles. The Labute approximate surface area is 166 Å². The second kappa shape index (κ2) is 8.54. The number of benzene rings is 2. The van der Waals surface area contributed by atoms with Crippen molar-refractivity contribution < 1.29 is 14.3 Å². The number of hydrogen-bond acceptors (Lipinski definition) is 4. The highest BCUT2D eigenvalue weighted by Gasteiger charge is 2.10. The smallest absolute Gasteiger partial charge is 0.337 e. The lowest BCUT2D eigenvalue weighted by Crippen LogP contribution is -2.22. The number of methoxy groups -OCH3 is 1. The topological polar surface area (TPSA) is 77.4 Å². The Morgan fingerprint density at radius 1 is 1.04 bits per heavy atom. The maximum absolute atomic E-state index is 12.5. The van der Waals surface area contributed by atoms with Crippen LogP contribution in [0.25, 0.3) is 0 Å². The molecule has 2 aromatic carbocycles. The molecule has 3 rings (SSSR count). The van der Waals surface area contributed by atoms with Crippen molar-refractivity contribution in [1.82, 2.24) is 4.57 Å². The molecule has 1 amide bonds. The Morgan fingerprint density at radius 3 is 2.43 bits per heavy atom. The van der Waals surface area contributed by atoms with Gasteiger partial charge in [0.25, 0.3) is 11.5 Å². The summed E-state index contributed by atoms with van der Waals surface area (Å²) >= 11 is 5.98. The van der Waals surface area contributed by atoms with Gasteiger partial charge in [0.2, 0.25) is 0 Å². The van der Waals surface area contributed by atoms with Gasteiger partial charge in [0.05, 0.1) is 24.8 Å². The van der Waals surface area contributed by atoms with Crippen molar-refractivity contribution in [2.75, 3.05) is 12.4 Å². The Kier molecular flexibility index (Phi) is 5.91. The number of carbonyl (C=O) groups excluding carboxylic acids is 2. The van der Waals surface area contributed by atoms with Crippen molar-refractivity contribution in [3.8, 4) is 0 Å². The zero-order chi connectivity index (χ0) is 20.1. The van der Waals surface area contributed by atoms with E-state index >= 15 is 0 Å². The summed E-state index contributed by atoms with van der Waals surface area (Å²) in [5.41, 5.74) is 1.86. The van der Waals surface area contributed by atoms with Gasteiger partial charge in [0.1, 0.15) is 0 Å². The minimum absolute atomic E-state index is 0.223. The third kappa shape index (κ3) is 4.66. The van der Waals surface area contributed by atoms with E-state index in [-0.39, 0.29) is 11.5 Å². The van der Waals surface area contributed by atoms with Crippen molar-refractivity contribution in [3.05, 3.63) is 98.9 Å². The van der Waals surface area contributed by atoms with E-state index in [0.29, 0.717) is 28.4 Å². The predicted octanol–water partition coefficient (Wildman–Crippen LogP) is 3.59. The summed E-state index contributed by atoms with van der Waals surface area (Å²) in [6.07, 6.45) is 1.50. The van der Waals surface area contributed by atoms with E-state index in [1.54, 1.807) is 42.5 Å². The number of anilines is 1. The van der Waals surface area contributed by atoms with Gasteiger partial charge >= 0.3 is 5.97 Å². The first-order chi connectivity index (χ1) is 13.5. The van der Waals surface area contributed by atoms with E-state index in [2.05, 4.69) is 10.1 Å². The van der Waals surface area contributed by atoms with Crippen molar-refractivity contribution in [2.45, 2.75) is 6.54 Å². The maximum atomic E-state index is 12.5. The molecule has 142 valence electrons. The molecule has 0 fully saturated rings. The standard InChI is InChI=1S/C21H17ClN2O4/c1-28-21(27)15-5-8-18(9-6-15)23-20(26)16-7-10-19(25)24(13-16)12-14-3-2-4-17(22)11-14/h2-11,13H,12H2,1H3,(H,23,26). The molecule has 0 atom stereocenters. The van der Waals surface area contributed by atoms with Gasteiger partial charge in [0.15, 0.2) is 0 Å². The van der Waals surface area contributed by atoms with Crippen molar-refractivity contribution in [3.63, 3.8) is 0 Å². The van der Waals surface area contributed by atoms with Gasteiger partial charge in [-0.3, -0.25) is 9.59 Å². The Bertz CT molecular complexity index is 1070. The van der Waals surface area contributed by atoms with Crippen LogP contribution in [-0.4, -0.2) is 23.6 Å². The Balaban J connectivity index is 1.77. The highest BCUT2D eigenvalue weighted by molar-refractivity contribution is 6.30. The monoisotopic (exact) mass is 396 g/mol. The maximum Gasteiger partial charge on any atom is 0.337 e. The largest absolute Gasteiger partial charge is 0.465 e. The average Bonchev–Trinajstić information content (AvgIpc) is 2.69. The number of nitrogens with zero attached hydrogens (tertiary/aromatic N) is 1. The van der Waals surface area contributed by atoms with Crippen LogP contribution < -0.4 is 10.9 Å². The number of amides is 1. The van der Waals surface area contributed by atoms with Gasteiger partial charge in [-0.15, -0.1) is 0 Å². The fourth-order valence-electron chi connectivity index (χ4n) is 2.63. The summed E-state index contributed by atoms with van der Waals surface area (Å²) in [7, 11) is 1.30. The molecular formula is C21H17ClN2O4. The fourth-order valence-corrected chi connectivity index (χ4v) is 2.84. The van der Waals surface area contributed by atoms with E-state index < -0.39 is 5.97 Å². The zero-order valence-electron chi connectivity index (χ0n) is 15.0. The minimum Gasteiger partial charge on any atom is -0.465 e. The van der Waals surface area contributed by atoms with Crippen LogP contribution in [0.5, 0.6) is 0 Å². The predicted molar refractivity (Wildman–Crippen MR) is 107 cm³/mol. The van der Waals surface area contributed by atoms with Gasteiger partial charge in [-0.05, 0) is 48.0 Å². The van der Waals surface area contributed by atoms with Gasteiger partial charge in [-0.2, -0.15) is 0 Å². The van der Waals surface area contributed by atoms with E-state index in [0.717, 1.165) is 5.56 Å². The van der Waals surface area contributed by atoms with Gasteiger partial charge < -0.3 is 14.6 Å². The minimum atomic E-state index is -0.453. The van der Waals surface area contributed by atoms with Gasteiger partial charge in [-0.25, -0.2) is 4.79 Å². The molecular weight excluding hydrogens is 380 g/mol. The molecule has 0 aliphatic carbocycles. The highest BCUT2D eigenvalue weighted by Crippen LogP contribution is 2.13. The lowest BCUT2D eigenvalue weighted by Gasteiger charge is -2.10. The normalized spacial score (nSPS) is 10.4. The third-order valence-electron chi connectivity index (χ3n) is 4.05. The molecule has 0 aliphatic heterocycles. The van der Waals surface area contributed by atoms with Crippen LogP contribution >= 0.6 is 11.6 Å². The molecule has 7 heteroatoms. The molecule has 0 saturated heterocycles. The van der Waals surface area contributed by atoms with Crippen molar-refractivity contribution in [1.29, 1.82) is 0 Å². The average molecular weight is 397 g/mol. The lowest BCUT2D eigenvalue weighted by molar-refractivity contribution is 0.0600. The van der Waals surface area contributed by atoms with Crippen LogP contribution in [-0.2, 0) is 11.3 Å². The molecule has 0 spiro atoms. The molecule has 1 N–H and O–H groups in total. The number of nitrogens with one attached hydrogen (secondary N) is 1. The van der Waals surface area contributed by atoms with Crippen LogP contribution in [0.4, 0.5) is 5.69 Å². The molecule has 28 heavy (non-hydrogen) atoms. The summed E-state index contributed by atoms with van der Waals surface area (Å²) in [5.74, 6) is -0.823. The summed E-state index contributed by atoms with van der Waals surface area (Å²) < 4.78 is 6.09. The summed E-state index contributed by atoms with van der Waals surface area (Å²) in [5, 5.41) is 3.31. The molecule has 0 radical (unpaired) electrons. The summed E-state index contributed by atoms with van der Waals surface area (Å²) in [6, 6.07) is 16.3. The number of aromatic nitrogens is 1. The van der Waals surface area contributed by atoms with Crippen LogP contribution in [0.2, 0.25) is 5.02 Å². The van der Waals surface area contributed by atoms with Crippen LogP contribution in [0.1, 0.15) is 26.3 Å². The number of ether oxygens (including phenoxy) is 1. The molecule has 0 aliphatic rings. The first-order valence-corrected chi connectivity index (χ1v) is 8.79. The number of pyridine rings is 1.